The summed E-state index contributed by atoms with van der Waals surface area (Å²) in [5.41, 5.74) is 2.84. The molecule has 0 amide bonds. The fourth-order valence-corrected chi connectivity index (χ4v) is 3.07. The summed E-state index contributed by atoms with van der Waals surface area (Å²) in [6, 6.07) is 16.0. The van der Waals surface area contributed by atoms with Crippen molar-refractivity contribution in [3.05, 3.63) is 65.7 Å². The quantitative estimate of drug-likeness (QED) is 0.465. The molecule has 0 spiro atoms. The van der Waals surface area contributed by atoms with Gasteiger partial charge >= 0.3 is 0 Å². The molecule has 0 radical (unpaired) electrons. The van der Waals surface area contributed by atoms with E-state index in [4.69, 9.17) is 4.74 Å². The smallest absolute Gasteiger partial charge is 0.185 e. The number of nitrogens with zero attached hydrogens (tertiary/aromatic N) is 1. The zero-order valence-electron chi connectivity index (χ0n) is 13.8. The number of carbonyl (C=O) groups is 1. The predicted octanol–water partition coefficient (Wildman–Crippen LogP) is 4.14. The number of rotatable bonds is 5. The molecule has 0 saturated carbocycles. The Labute approximate surface area is 147 Å². The third-order valence-corrected chi connectivity index (χ3v) is 4.79. The minimum atomic E-state index is 0.0269. The van der Waals surface area contributed by atoms with Gasteiger partial charge in [0.1, 0.15) is 0 Å². The van der Waals surface area contributed by atoms with Crippen molar-refractivity contribution in [2.75, 3.05) is 37.5 Å². The van der Waals surface area contributed by atoms with Crippen LogP contribution in [0.5, 0.6) is 0 Å². The van der Waals surface area contributed by atoms with E-state index >= 15 is 0 Å². The van der Waals surface area contributed by atoms with Gasteiger partial charge in [0.2, 0.25) is 0 Å². The molecule has 2 aromatic carbocycles. The molecule has 0 atom stereocenters. The lowest BCUT2D eigenvalue weighted by molar-refractivity contribution is 0.104. The van der Waals surface area contributed by atoms with Crippen LogP contribution < -0.4 is 4.90 Å². The van der Waals surface area contributed by atoms with Gasteiger partial charge in [0.15, 0.2) is 5.78 Å². The van der Waals surface area contributed by atoms with Crippen molar-refractivity contribution in [1.29, 1.82) is 0 Å². The van der Waals surface area contributed by atoms with E-state index in [1.807, 2.05) is 42.5 Å². The highest BCUT2D eigenvalue weighted by atomic mass is 32.2. The van der Waals surface area contributed by atoms with Crippen LogP contribution in [0, 0.1) is 0 Å². The molecule has 0 aliphatic carbocycles. The van der Waals surface area contributed by atoms with Crippen molar-refractivity contribution in [3.63, 3.8) is 0 Å². The molecule has 1 fully saturated rings. The van der Waals surface area contributed by atoms with Gasteiger partial charge in [0, 0.05) is 29.2 Å². The van der Waals surface area contributed by atoms with Gasteiger partial charge in [-0.3, -0.25) is 4.79 Å². The summed E-state index contributed by atoms with van der Waals surface area (Å²) >= 11 is 1.71. The molecule has 1 heterocycles. The lowest BCUT2D eigenvalue weighted by Crippen LogP contribution is -2.36. The van der Waals surface area contributed by atoms with E-state index in [9.17, 15) is 4.79 Å². The van der Waals surface area contributed by atoms with Crippen LogP contribution in [-0.2, 0) is 4.74 Å². The molecule has 4 heteroatoms. The van der Waals surface area contributed by atoms with Crippen LogP contribution in [-0.4, -0.2) is 38.3 Å². The maximum Gasteiger partial charge on any atom is 0.185 e. The summed E-state index contributed by atoms with van der Waals surface area (Å²) in [5, 5.41) is 0. The summed E-state index contributed by atoms with van der Waals surface area (Å²) in [4.78, 5) is 15.9. The Kier molecular flexibility index (Phi) is 5.72. The normalized spacial score (nSPS) is 15.0. The Balaban J connectivity index is 1.70. The van der Waals surface area contributed by atoms with E-state index in [0.717, 1.165) is 43.1 Å². The maximum absolute atomic E-state index is 12.4. The fourth-order valence-electron chi connectivity index (χ4n) is 2.66. The first-order valence-corrected chi connectivity index (χ1v) is 9.28. The number of carbonyl (C=O) groups excluding carboxylic acids is 1. The fraction of sp³-hybridized carbons (Fsp3) is 0.250. The Morgan fingerprint density at radius 2 is 1.88 bits per heavy atom. The number of benzene rings is 2. The molecule has 24 heavy (non-hydrogen) atoms. The maximum atomic E-state index is 12.4. The van der Waals surface area contributed by atoms with Crippen molar-refractivity contribution in [1.82, 2.24) is 0 Å². The highest BCUT2D eigenvalue weighted by Crippen LogP contribution is 2.19. The van der Waals surface area contributed by atoms with Gasteiger partial charge in [-0.2, -0.15) is 0 Å². The molecule has 0 aromatic heterocycles. The van der Waals surface area contributed by atoms with Gasteiger partial charge in [-0.1, -0.05) is 30.3 Å². The van der Waals surface area contributed by atoms with Crippen molar-refractivity contribution in [3.8, 4) is 0 Å². The number of morpholine rings is 1. The van der Waals surface area contributed by atoms with Crippen molar-refractivity contribution >= 4 is 29.3 Å². The zero-order valence-corrected chi connectivity index (χ0v) is 14.6. The van der Waals surface area contributed by atoms with Crippen LogP contribution in [0.25, 0.3) is 6.08 Å². The van der Waals surface area contributed by atoms with Crippen LogP contribution >= 0.6 is 11.8 Å². The van der Waals surface area contributed by atoms with Gasteiger partial charge in [0.25, 0.3) is 0 Å². The standard InChI is InChI=1S/C20H21NO2S/c1-24-19-8-5-16(6-9-19)7-10-20(22)17-3-2-4-18(15-17)21-11-13-23-14-12-21/h2-10,15H,11-14H2,1H3/b10-7+. The molecule has 1 aliphatic heterocycles. The number of thioether (sulfide) groups is 1. The second kappa shape index (κ2) is 8.18. The summed E-state index contributed by atoms with van der Waals surface area (Å²) in [6.07, 6.45) is 5.57. The van der Waals surface area contributed by atoms with E-state index in [1.165, 1.54) is 4.90 Å². The minimum Gasteiger partial charge on any atom is -0.378 e. The lowest BCUT2D eigenvalue weighted by Gasteiger charge is -2.29. The first kappa shape index (κ1) is 16.8. The number of hydrogen-bond acceptors (Lipinski definition) is 4. The van der Waals surface area contributed by atoms with Gasteiger partial charge < -0.3 is 9.64 Å². The second-order valence-electron chi connectivity index (χ2n) is 5.62. The van der Waals surface area contributed by atoms with Crippen LogP contribution in [0.3, 0.4) is 0 Å². The average Bonchev–Trinajstić information content (AvgIpc) is 2.67. The lowest BCUT2D eigenvalue weighted by atomic mass is 10.1. The minimum absolute atomic E-state index is 0.0269. The van der Waals surface area contributed by atoms with Gasteiger partial charge in [-0.05, 0) is 42.2 Å². The molecule has 3 nitrogen and oxygen atoms in total. The predicted molar refractivity (Wildman–Crippen MR) is 101 cm³/mol. The average molecular weight is 339 g/mol. The monoisotopic (exact) mass is 339 g/mol. The van der Waals surface area contributed by atoms with Crippen LogP contribution in [0.1, 0.15) is 15.9 Å². The number of allylic oxidation sites excluding steroid dienone is 1. The Hall–Kier alpha value is -2.04. The molecule has 0 bridgehead atoms. The highest BCUT2D eigenvalue weighted by molar-refractivity contribution is 7.98. The second-order valence-corrected chi connectivity index (χ2v) is 6.50. The molecule has 1 aliphatic rings. The van der Waals surface area contributed by atoms with Crippen molar-refractivity contribution < 1.29 is 9.53 Å². The van der Waals surface area contributed by atoms with Crippen molar-refractivity contribution in [2.24, 2.45) is 0 Å². The summed E-state index contributed by atoms with van der Waals surface area (Å²) in [7, 11) is 0. The first-order valence-electron chi connectivity index (χ1n) is 8.05. The Morgan fingerprint density at radius 3 is 2.58 bits per heavy atom. The molecule has 2 aromatic rings. The number of hydrogen-bond donors (Lipinski definition) is 0. The van der Waals surface area contributed by atoms with E-state index in [1.54, 1.807) is 17.8 Å². The summed E-state index contributed by atoms with van der Waals surface area (Å²) < 4.78 is 5.38. The van der Waals surface area contributed by atoms with E-state index in [2.05, 4.69) is 23.3 Å². The van der Waals surface area contributed by atoms with E-state index < -0.39 is 0 Å². The molecular formula is C20H21NO2S. The molecule has 0 unspecified atom stereocenters. The molecule has 0 N–H and O–H groups in total. The summed E-state index contributed by atoms with van der Waals surface area (Å²) in [6.45, 7) is 3.22. The molecule has 1 saturated heterocycles. The third kappa shape index (κ3) is 4.28. The van der Waals surface area contributed by atoms with Gasteiger partial charge in [-0.15, -0.1) is 11.8 Å². The topological polar surface area (TPSA) is 29.5 Å². The number of ether oxygens (including phenoxy) is 1. The number of ketones is 1. The van der Waals surface area contributed by atoms with Crippen LogP contribution in [0.15, 0.2) is 59.5 Å². The molecular weight excluding hydrogens is 318 g/mol. The summed E-state index contributed by atoms with van der Waals surface area (Å²) in [5.74, 6) is 0.0269. The first-order chi connectivity index (χ1) is 11.8. The Bertz CT molecular complexity index is 719. The van der Waals surface area contributed by atoms with Crippen LogP contribution in [0.4, 0.5) is 5.69 Å². The zero-order chi connectivity index (χ0) is 16.8. The van der Waals surface area contributed by atoms with Gasteiger partial charge in [0.05, 0.1) is 13.2 Å². The Morgan fingerprint density at radius 1 is 1.12 bits per heavy atom. The number of anilines is 1. The SMILES string of the molecule is CSc1ccc(/C=C/C(=O)c2cccc(N3CCOCC3)c2)cc1. The highest BCUT2D eigenvalue weighted by Gasteiger charge is 2.12. The van der Waals surface area contributed by atoms with E-state index in [0.29, 0.717) is 0 Å². The molecule has 124 valence electrons. The van der Waals surface area contributed by atoms with Crippen LogP contribution in [0.2, 0.25) is 0 Å². The van der Waals surface area contributed by atoms with Gasteiger partial charge in [-0.25, -0.2) is 0 Å². The van der Waals surface area contributed by atoms with E-state index in [-0.39, 0.29) is 5.78 Å². The largest absolute Gasteiger partial charge is 0.378 e. The van der Waals surface area contributed by atoms with Crippen molar-refractivity contribution in [2.45, 2.75) is 4.90 Å². The third-order valence-electron chi connectivity index (χ3n) is 4.05. The molecule has 3 rings (SSSR count).